The molecule has 2 aliphatic heterocycles. The number of fused-ring (bicyclic) bond motifs is 1. The van der Waals surface area contributed by atoms with Crippen molar-refractivity contribution >= 4 is 16.8 Å². The summed E-state index contributed by atoms with van der Waals surface area (Å²) < 4.78 is 21.4. The zero-order valence-electron chi connectivity index (χ0n) is 18.1. The predicted molar refractivity (Wildman–Crippen MR) is 114 cm³/mol. The number of hydrogen-bond acceptors (Lipinski definition) is 7. The minimum atomic E-state index is -0.414. The SMILES string of the molecule is Cc1nn(-c2noc(C3CCN(C4CCN(C(=O)CO)CC4)CC3)n2)c2c(F)cccc12. The summed E-state index contributed by atoms with van der Waals surface area (Å²) in [4.78, 5) is 20.4. The first-order valence-electron chi connectivity index (χ1n) is 11.2. The van der Waals surface area contributed by atoms with E-state index >= 15 is 0 Å². The van der Waals surface area contributed by atoms with Gasteiger partial charge in [-0.25, -0.2) is 4.39 Å². The quantitative estimate of drug-likeness (QED) is 0.660. The highest BCUT2D eigenvalue weighted by Gasteiger charge is 2.32. The van der Waals surface area contributed by atoms with Gasteiger partial charge in [-0.2, -0.15) is 14.8 Å². The van der Waals surface area contributed by atoms with Crippen molar-refractivity contribution in [1.29, 1.82) is 0 Å². The predicted octanol–water partition coefficient (Wildman–Crippen LogP) is 2.02. The summed E-state index contributed by atoms with van der Waals surface area (Å²) >= 11 is 0. The van der Waals surface area contributed by atoms with Gasteiger partial charge in [0.1, 0.15) is 17.9 Å². The van der Waals surface area contributed by atoms with Crippen LogP contribution in [0.4, 0.5) is 4.39 Å². The van der Waals surface area contributed by atoms with E-state index in [4.69, 9.17) is 9.63 Å². The van der Waals surface area contributed by atoms with Gasteiger partial charge in [-0.15, -0.1) is 0 Å². The average molecular weight is 442 g/mol. The molecule has 32 heavy (non-hydrogen) atoms. The number of carbonyl (C=O) groups excluding carboxylic acids is 1. The van der Waals surface area contributed by atoms with Crippen LogP contribution in [-0.4, -0.2) is 79.6 Å². The number of amides is 1. The van der Waals surface area contributed by atoms with E-state index in [1.54, 1.807) is 11.0 Å². The molecule has 1 aromatic carbocycles. The number of aliphatic hydroxyl groups excluding tert-OH is 1. The summed E-state index contributed by atoms with van der Waals surface area (Å²) in [5.74, 6) is 0.437. The summed E-state index contributed by atoms with van der Waals surface area (Å²) in [7, 11) is 0. The molecule has 5 rings (SSSR count). The Labute approximate surface area is 184 Å². The fourth-order valence-electron chi connectivity index (χ4n) is 4.99. The fourth-order valence-corrected chi connectivity index (χ4v) is 4.99. The Morgan fingerprint density at radius 2 is 1.94 bits per heavy atom. The molecule has 0 spiro atoms. The van der Waals surface area contributed by atoms with Crippen LogP contribution in [0.5, 0.6) is 0 Å². The number of benzene rings is 1. The molecule has 2 fully saturated rings. The summed E-state index contributed by atoms with van der Waals surface area (Å²) in [6.45, 7) is 4.68. The molecular formula is C22H27FN6O3. The molecular weight excluding hydrogens is 415 g/mol. The Kier molecular flexibility index (Phi) is 5.64. The summed E-state index contributed by atoms with van der Waals surface area (Å²) in [5, 5.41) is 18.3. The van der Waals surface area contributed by atoms with Crippen LogP contribution in [-0.2, 0) is 4.79 Å². The first-order chi connectivity index (χ1) is 15.5. The molecule has 9 nitrogen and oxygen atoms in total. The number of aromatic nitrogens is 4. The molecule has 170 valence electrons. The standard InChI is InChI=1S/C22H27FN6O3/c1-14-17-3-2-4-18(23)20(17)29(25-14)22-24-21(32-26-22)15-5-9-27(10-6-15)16-7-11-28(12-8-16)19(31)13-30/h2-4,15-16,30H,5-13H2,1H3. The maximum absolute atomic E-state index is 14.4. The zero-order chi connectivity index (χ0) is 22.2. The van der Waals surface area contributed by atoms with Gasteiger partial charge >= 0.3 is 0 Å². The normalized spacial score (nSPS) is 19.2. The number of carbonyl (C=O) groups is 1. The molecule has 3 aromatic rings. The highest BCUT2D eigenvalue weighted by molar-refractivity contribution is 5.83. The van der Waals surface area contributed by atoms with Crippen LogP contribution in [0.25, 0.3) is 16.9 Å². The Morgan fingerprint density at radius 1 is 1.19 bits per heavy atom. The van der Waals surface area contributed by atoms with Crippen molar-refractivity contribution in [2.45, 2.75) is 44.6 Å². The van der Waals surface area contributed by atoms with Crippen LogP contribution in [0.15, 0.2) is 22.7 Å². The Morgan fingerprint density at radius 3 is 2.66 bits per heavy atom. The smallest absolute Gasteiger partial charge is 0.291 e. The Hall–Kier alpha value is -2.85. The second-order valence-electron chi connectivity index (χ2n) is 8.65. The topological polar surface area (TPSA) is 101 Å². The third kappa shape index (κ3) is 3.77. The van der Waals surface area contributed by atoms with E-state index in [1.807, 2.05) is 13.0 Å². The Balaban J connectivity index is 1.23. The summed E-state index contributed by atoms with van der Waals surface area (Å²) in [6, 6.07) is 5.36. The monoisotopic (exact) mass is 442 g/mol. The molecule has 0 aliphatic carbocycles. The van der Waals surface area contributed by atoms with Crippen LogP contribution in [0.3, 0.4) is 0 Å². The molecule has 0 unspecified atom stereocenters. The number of para-hydroxylation sites is 1. The number of hydrogen-bond donors (Lipinski definition) is 1. The van der Waals surface area contributed by atoms with Gasteiger partial charge in [0, 0.05) is 30.4 Å². The first kappa shape index (κ1) is 21.0. The van der Waals surface area contributed by atoms with Crippen LogP contribution in [0.2, 0.25) is 0 Å². The third-order valence-corrected chi connectivity index (χ3v) is 6.81. The summed E-state index contributed by atoms with van der Waals surface area (Å²) in [5.41, 5.74) is 1.07. The van der Waals surface area contributed by atoms with Crippen molar-refractivity contribution in [3.05, 3.63) is 35.6 Å². The van der Waals surface area contributed by atoms with Crippen molar-refractivity contribution in [3.63, 3.8) is 0 Å². The van der Waals surface area contributed by atoms with E-state index in [0.717, 1.165) is 44.2 Å². The lowest BCUT2D eigenvalue weighted by atomic mass is 9.93. The van der Waals surface area contributed by atoms with E-state index < -0.39 is 6.61 Å². The van der Waals surface area contributed by atoms with Gasteiger partial charge < -0.3 is 19.4 Å². The molecule has 1 amide bonds. The second kappa shape index (κ2) is 8.59. The van der Waals surface area contributed by atoms with Gasteiger partial charge in [0.2, 0.25) is 11.8 Å². The molecule has 2 aliphatic rings. The number of rotatable bonds is 4. The van der Waals surface area contributed by atoms with Gasteiger partial charge in [0.25, 0.3) is 5.95 Å². The van der Waals surface area contributed by atoms with Gasteiger partial charge in [-0.1, -0.05) is 12.1 Å². The minimum Gasteiger partial charge on any atom is -0.387 e. The number of piperidine rings is 2. The number of aliphatic hydroxyl groups is 1. The first-order valence-corrected chi connectivity index (χ1v) is 11.2. The molecule has 0 atom stereocenters. The molecule has 0 bridgehead atoms. The van der Waals surface area contributed by atoms with Crippen molar-refractivity contribution in [3.8, 4) is 5.95 Å². The molecule has 4 heterocycles. The number of aryl methyl sites for hydroxylation is 1. The molecule has 0 saturated carbocycles. The van der Waals surface area contributed by atoms with E-state index in [2.05, 4.69) is 20.1 Å². The molecule has 2 saturated heterocycles. The largest absolute Gasteiger partial charge is 0.387 e. The van der Waals surface area contributed by atoms with E-state index in [-0.39, 0.29) is 23.6 Å². The van der Waals surface area contributed by atoms with E-state index in [9.17, 15) is 9.18 Å². The van der Waals surface area contributed by atoms with Crippen LogP contribution in [0, 0.1) is 12.7 Å². The third-order valence-electron chi connectivity index (χ3n) is 6.81. The lowest BCUT2D eigenvalue weighted by Gasteiger charge is -2.41. The van der Waals surface area contributed by atoms with Gasteiger partial charge in [0.05, 0.1) is 5.69 Å². The van der Waals surface area contributed by atoms with Gasteiger partial charge in [-0.05, 0) is 56.9 Å². The van der Waals surface area contributed by atoms with Crippen molar-refractivity contribution < 1.29 is 18.8 Å². The fraction of sp³-hybridized carbons (Fsp3) is 0.545. The van der Waals surface area contributed by atoms with Crippen molar-refractivity contribution in [2.75, 3.05) is 32.8 Å². The Bertz CT molecular complexity index is 1110. The lowest BCUT2D eigenvalue weighted by Crippen LogP contribution is -2.49. The van der Waals surface area contributed by atoms with Crippen molar-refractivity contribution in [1.82, 2.24) is 29.7 Å². The van der Waals surface area contributed by atoms with Crippen LogP contribution < -0.4 is 0 Å². The average Bonchev–Trinajstić information content (AvgIpc) is 3.45. The molecule has 0 radical (unpaired) electrons. The number of nitrogens with zero attached hydrogens (tertiary/aromatic N) is 6. The highest BCUT2D eigenvalue weighted by atomic mass is 19.1. The maximum atomic E-state index is 14.4. The summed E-state index contributed by atoms with van der Waals surface area (Å²) in [6.07, 6.45) is 3.67. The molecule has 1 N–H and O–H groups in total. The minimum absolute atomic E-state index is 0.163. The molecule has 2 aromatic heterocycles. The highest BCUT2D eigenvalue weighted by Crippen LogP contribution is 2.31. The maximum Gasteiger partial charge on any atom is 0.291 e. The van der Waals surface area contributed by atoms with E-state index in [0.29, 0.717) is 36.2 Å². The molecule has 10 heteroatoms. The van der Waals surface area contributed by atoms with Gasteiger partial charge in [-0.3, -0.25) is 4.79 Å². The van der Waals surface area contributed by atoms with E-state index in [1.165, 1.54) is 10.7 Å². The van der Waals surface area contributed by atoms with Crippen LogP contribution in [0.1, 0.15) is 43.2 Å². The van der Waals surface area contributed by atoms with Crippen molar-refractivity contribution in [2.24, 2.45) is 0 Å². The van der Waals surface area contributed by atoms with Crippen LogP contribution >= 0.6 is 0 Å². The number of likely N-dealkylation sites (tertiary alicyclic amines) is 2. The lowest BCUT2D eigenvalue weighted by molar-refractivity contribution is -0.135. The zero-order valence-corrected chi connectivity index (χ0v) is 18.1. The second-order valence-corrected chi connectivity index (χ2v) is 8.65. The number of halogens is 1. The van der Waals surface area contributed by atoms with Gasteiger partial charge in [0.15, 0.2) is 0 Å².